The minimum atomic E-state index is -0.487. The van der Waals surface area contributed by atoms with E-state index >= 15 is 0 Å². The van der Waals surface area contributed by atoms with E-state index in [4.69, 9.17) is 11.6 Å². The molecule has 3 rings (SSSR count). The molecule has 0 bridgehead atoms. The number of carbonyl (C=O) groups is 1. The highest BCUT2D eigenvalue weighted by molar-refractivity contribution is 6.31. The predicted molar refractivity (Wildman–Crippen MR) is 111 cm³/mol. The van der Waals surface area contributed by atoms with Crippen LogP contribution in [0.25, 0.3) is 6.08 Å². The van der Waals surface area contributed by atoms with E-state index in [1.165, 1.54) is 33.6 Å². The molecule has 3 N–H and O–H groups in total. The Hall–Kier alpha value is -2.21. The summed E-state index contributed by atoms with van der Waals surface area (Å²) >= 11 is 5.78. The van der Waals surface area contributed by atoms with Crippen molar-refractivity contribution in [2.75, 3.05) is 38.0 Å². The lowest BCUT2D eigenvalue weighted by Gasteiger charge is -2.32. The van der Waals surface area contributed by atoms with Crippen LogP contribution >= 0.6 is 11.6 Å². The number of piperazine rings is 1. The van der Waals surface area contributed by atoms with Crippen molar-refractivity contribution in [3.8, 4) is 0 Å². The molecule has 1 aliphatic rings. The van der Waals surface area contributed by atoms with E-state index in [-0.39, 0.29) is 17.0 Å². The van der Waals surface area contributed by atoms with E-state index in [0.29, 0.717) is 5.69 Å². The summed E-state index contributed by atoms with van der Waals surface area (Å²) in [5.74, 6) is -0.552. The van der Waals surface area contributed by atoms with Gasteiger partial charge in [-0.05, 0) is 36.8 Å². The second kappa shape index (κ2) is 9.82. The summed E-state index contributed by atoms with van der Waals surface area (Å²) in [4.78, 5) is 15.3. The number of halogens is 2. The minimum absolute atomic E-state index is 0.0126. The monoisotopic (exact) mass is 403 g/mol. The molecule has 2 aromatic carbocycles. The Morgan fingerprint density at radius 1 is 1.18 bits per heavy atom. The molecular formula is C22H27ClFN3O+2. The summed E-state index contributed by atoms with van der Waals surface area (Å²) in [5.41, 5.74) is 1.75. The van der Waals surface area contributed by atoms with E-state index in [2.05, 4.69) is 29.6 Å². The first kappa shape index (κ1) is 20.5. The summed E-state index contributed by atoms with van der Waals surface area (Å²) in [5, 5.41) is 2.85. The van der Waals surface area contributed by atoms with Crippen LogP contribution in [0, 0.1) is 5.82 Å². The van der Waals surface area contributed by atoms with Gasteiger partial charge in [0.25, 0.3) is 5.91 Å². The summed E-state index contributed by atoms with van der Waals surface area (Å²) in [6.07, 6.45) is 4.39. The molecule has 4 nitrogen and oxygen atoms in total. The molecular weight excluding hydrogens is 377 g/mol. The second-order valence-corrected chi connectivity index (χ2v) is 7.67. The summed E-state index contributed by atoms with van der Waals surface area (Å²) in [7, 11) is 0. The number of amides is 1. The van der Waals surface area contributed by atoms with Gasteiger partial charge in [0.05, 0.1) is 11.6 Å². The Bertz CT molecular complexity index is 820. The van der Waals surface area contributed by atoms with E-state index in [1.807, 2.05) is 25.1 Å². The van der Waals surface area contributed by atoms with Crippen LogP contribution in [0.5, 0.6) is 0 Å². The lowest BCUT2D eigenvalue weighted by atomic mass is 10.2. The SMILES string of the molecule is C[C@@H](C(=O)Nc1ccc(F)c(Cl)c1)[NH+]1CC[NH+](C/C=C/c2ccccc2)CC1. The Morgan fingerprint density at radius 3 is 2.57 bits per heavy atom. The van der Waals surface area contributed by atoms with Gasteiger partial charge in [0.1, 0.15) is 32.0 Å². The number of carbonyl (C=O) groups excluding carboxylic acids is 1. The first-order chi connectivity index (χ1) is 13.5. The Morgan fingerprint density at radius 2 is 1.89 bits per heavy atom. The van der Waals surface area contributed by atoms with Gasteiger partial charge in [0, 0.05) is 5.69 Å². The van der Waals surface area contributed by atoms with Crippen LogP contribution < -0.4 is 15.1 Å². The van der Waals surface area contributed by atoms with Gasteiger partial charge < -0.3 is 15.1 Å². The Balaban J connectivity index is 1.45. The van der Waals surface area contributed by atoms with E-state index < -0.39 is 5.82 Å². The molecule has 1 saturated heterocycles. The van der Waals surface area contributed by atoms with Crippen LogP contribution in [0.1, 0.15) is 12.5 Å². The molecule has 0 aromatic heterocycles. The van der Waals surface area contributed by atoms with Gasteiger partial charge in [-0.3, -0.25) is 4.79 Å². The highest BCUT2D eigenvalue weighted by Gasteiger charge is 2.30. The topological polar surface area (TPSA) is 38.0 Å². The average Bonchev–Trinajstić information content (AvgIpc) is 2.71. The lowest BCUT2D eigenvalue weighted by Crippen LogP contribution is -3.29. The van der Waals surface area contributed by atoms with E-state index in [0.717, 1.165) is 32.7 Å². The van der Waals surface area contributed by atoms with Gasteiger partial charge in [0.15, 0.2) is 6.04 Å². The maximum Gasteiger partial charge on any atom is 0.282 e. The number of nitrogens with one attached hydrogen (secondary N) is 3. The molecule has 1 amide bonds. The highest BCUT2D eigenvalue weighted by Crippen LogP contribution is 2.19. The average molecular weight is 404 g/mol. The molecule has 1 atom stereocenters. The van der Waals surface area contributed by atoms with Crippen molar-refractivity contribution in [1.82, 2.24) is 0 Å². The van der Waals surface area contributed by atoms with Crippen molar-refractivity contribution < 1.29 is 19.0 Å². The van der Waals surface area contributed by atoms with Crippen molar-refractivity contribution in [1.29, 1.82) is 0 Å². The van der Waals surface area contributed by atoms with Crippen molar-refractivity contribution in [2.45, 2.75) is 13.0 Å². The van der Waals surface area contributed by atoms with Gasteiger partial charge in [-0.2, -0.15) is 0 Å². The number of hydrogen-bond donors (Lipinski definition) is 3. The lowest BCUT2D eigenvalue weighted by molar-refractivity contribution is -1.02. The summed E-state index contributed by atoms with van der Waals surface area (Å²) < 4.78 is 13.3. The molecule has 28 heavy (non-hydrogen) atoms. The maximum absolute atomic E-state index is 13.3. The fourth-order valence-electron chi connectivity index (χ4n) is 3.50. The molecule has 2 aromatic rings. The minimum Gasteiger partial charge on any atom is -0.322 e. The number of benzene rings is 2. The number of rotatable bonds is 6. The molecule has 0 radical (unpaired) electrons. The number of hydrogen-bond acceptors (Lipinski definition) is 1. The summed E-state index contributed by atoms with van der Waals surface area (Å²) in [6, 6.07) is 14.4. The van der Waals surface area contributed by atoms with Crippen LogP contribution in [0.15, 0.2) is 54.6 Å². The van der Waals surface area contributed by atoms with Gasteiger partial charge >= 0.3 is 0 Å². The molecule has 1 aliphatic heterocycles. The second-order valence-electron chi connectivity index (χ2n) is 7.27. The fraction of sp³-hybridized carbons (Fsp3) is 0.318. The summed E-state index contributed by atoms with van der Waals surface area (Å²) in [6.45, 7) is 6.91. The number of anilines is 1. The van der Waals surface area contributed by atoms with Gasteiger partial charge in [0.2, 0.25) is 0 Å². The maximum atomic E-state index is 13.3. The number of quaternary nitrogens is 2. The molecule has 0 unspecified atom stereocenters. The zero-order valence-electron chi connectivity index (χ0n) is 16.1. The van der Waals surface area contributed by atoms with Crippen LogP contribution in [0.2, 0.25) is 5.02 Å². The largest absolute Gasteiger partial charge is 0.322 e. The molecule has 6 heteroatoms. The van der Waals surface area contributed by atoms with Crippen molar-refractivity contribution in [3.63, 3.8) is 0 Å². The Kier molecular flexibility index (Phi) is 7.20. The van der Waals surface area contributed by atoms with E-state index in [9.17, 15) is 9.18 Å². The third kappa shape index (κ3) is 5.64. The van der Waals surface area contributed by atoms with Crippen LogP contribution in [0.4, 0.5) is 10.1 Å². The zero-order chi connectivity index (χ0) is 19.9. The van der Waals surface area contributed by atoms with Crippen molar-refractivity contribution in [2.24, 2.45) is 0 Å². The van der Waals surface area contributed by atoms with Crippen molar-refractivity contribution in [3.05, 3.63) is 71.0 Å². The Labute approximate surface area is 170 Å². The zero-order valence-corrected chi connectivity index (χ0v) is 16.8. The molecule has 0 saturated carbocycles. The van der Waals surface area contributed by atoms with Crippen LogP contribution in [-0.4, -0.2) is 44.7 Å². The molecule has 1 heterocycles. The first-order valence-electron chi connectivity index (χ1n) is 9.68. The fourth-order valence-corrected chi connectivity index (χ4v) is 3.68. The first-order valence-corrected chi connectivity index (χ1v) is 10.1. The quantitative estimate of drug-likeness (QED) is 0.668. The van der Waals surface area contributed by atoms with Crippen LogP contribution in [-0.2, 0) is 4.79 Å². The van der Waals surface area contributed by atoms with Gasteiger partial charge in [-0.1, -0.05) is 48.0 Å². The predicted octanol–water partition coefficient (Wildman–Crippen LogP) is 1.30. The molecule has 0 aliphatic carbocycles. The van der Waals surface area contributed by atoms with Gasteiger partial charge in [-0.25, -0.2) is 4.39 Å². The third-order valence-electron chi connectivity index (χ3n) is 5.31. The van der Waals surface area contributed by atoms with E-state index in [1.54, 1.807) is 0 Å². The molecule has 0 spiro atoms. The van der Waals surface area contributed by atoms with Crippen LogP contribution in [0.3, 0.4) is 0 Å². The standard InChI is InChI=1S/C22H25ClFN3O/c1-17(22(28)25-19-9-10-21(24)20(23)16-19)27-14-12-26(13-15-27)11-5-8-18-6-3-2-4-7-18/h2-10,16-17H,11-15H2,1H3,(H,25,28)/p+2/b8-5+/t17-/m0/s1. The third-order valence-corrected chi connectivity index (χ3v) is 5.60. The molecule has 148 valence electrons. The van der Waals surface area contributed by atoms with Gasteiger partial charge in [-0.15, -0.1) is 0 Å². The molecule has 1 fully saturated rings. The smallest absolute Gasteiger partial charge is 0.282 e. The normalized spacial score (nSPS) is 20.8. The van der Waals surface area contributed by atoms with Crippen molar-refractivity contribution >= 4 is 29.3 Å². The highest BCUT2D eigenvalue weighted by atomic mass is 35.5.